The first-order valence-corrected chi connectivity index (χ1v) is 6.89. The van der Waals surface area contributed by atoms with Crippen molar-refractivity contribution in [1.29, 1.82) is 0 Å². The van der Waals surface area contributed by atoms with Gasteiger partial charge in [-0.25, -0.2) is 4.98 Å². The molecule has 1 aromatic rings. The highest BCUT2D eigenvalue weighted by atomic mass is 32.1. The van der Waals surface area contributed by atoms with Gasteiger partial charge in [0.15, 0.2) is 0 Å². The zero-order valence-corrected chi connectivity index (χ0v) is 11.0. The summed E-state index contributed by atoms with van der Waals surface area (Å²) < 4.78 is 0. The van der Waals surface area contributed by atoms with Crippen LogP contribution in [-0.4, -0.2) is 23.2 Å². The number of nitrogens with one attached hydrogen (secondary N) is 1. The summed E-state index contributed by atoms with van der Waals surface area (Å²) in [6.45, 7) is 6.37. The summed E-state index contributed by atoms with van der Waals surface area (Å²) in [5.41, 5.74) is 1.15. The standard InChI is InChI=1S/C12H22N2OS/c1-3-12-14-11(9-16-12)7-13-6-4-5-10(2)8-15/h9-10,13,15H,3-8H2,1-2H3. The molecule has 92 valence electrons. The molecule has 1 unspecified atom stereocenters. The van der Waals surface area contributed by atoms with E-state index in [4.69, 9.17) is 5.11 Å². The maximum Gasteiger partial charge on any atom is 0.0926 e. The summed E-state index contributed by atoms with van der Waals surface area (Å²) in [6.07, 6.45) is 3.23. The highest BCUT2D eigenvalue weighted by molar-refractivity contribution is 7.09. The number of hydrogen-bond donors (Lipinski definition) is 2. The summed E-state index contributed by atoms with van der Waals surface area (Å²) >= 11 is 1.74. The van der Waals surface area contributed by atoms with E-state index in [1.165, 1.54) is 5.01 Å². The third kappa shape index (κ3) is 5.05. The molecule has 0 radical (unpaired) electrons. The van der Waals surface area contributed by atoms with Gasteiger partial charge in [0.2, 0.25) is 0 Å². The minimum atomic E-state index is 0.298. The predicted molar refractivity (Wildman–Crippen MR) is 68.7 cm³/mol. The van der Waals surface area contributed by atoms with Crippen LogP contribution in [0.1, 0.15) is 37.4 Å². The SMILES string of the molecule is CCc1nc(CNCCCC(C)CO)cs1. The molecule has 4 heteroatoms. The van der Waals surface area contributed by atoms with Gasteiger partial charge in [-0.1, -0.05) is 13.8 Å². The van der Waals surface area contributed by atoms with Crippen molar-refractivity contribution in [2.45, 2.75) is 39.7 Å². The van der Waals surface area contributed by atoms with Crippen LogP contribution in [0.25, 0.3) is 0 Å². The van der Waals surface area contributed by atoms with Crippen LogP contribution >= 0.6 is 11.3 Å². The van der Waals surface area contributed by atoms with Gasteiger partial charge in [0.1, 0.15) is 0 Å². The van der Waals surface area contributed by atoms with Gasteiger partial charge in [-0.3, -0.25) is 0 Å². The highest BCUT2D eigenvalue weighted by Gasteiger charge is 2.01. The second-order valence-electron chi connectivity index (χ2n) is 4.19. The topological polar surface area (TPSA) is 45.2 Å². The fraction of sp³-hybridized carbons (Fsp3) is 0.750. The van der Waals surface area contributed by atoms with Crippen LogP contribution in [0.2, 0.25) is 0 Å². The van der Waals surface area contributed by atoms with Crippen molar-refractivity contribution in [3.05, 3.63) is 16.1 Å². The van der Waals surface area contributed by atoms with Crippen LogP contribution in [0, 0.1) is 5.92 Å². The van der Waals surface area contributed by atoms with Crippen molar-refractivity contribution in [2.75, 3.05) is 13.2 Å². The fourth-order valence-corrected chi connectivity index (χ4v) is 2.22. The lowest BCUT2D eigenvalue weighted by atomic mass is 10.1. The molecule has 16 heavy (non-hydrogen) atoms. The lowest BCUT2D eigenvalue weighted by Crippen LogP contribution is -2.16. The summed E-state index contributed by atoms with van der Waals surface area (Å²) in [5, 5.41) is 15.6. The number of rotatable bonds is 8. The van der Waals surface area contributed by atoms with Gasteiger partial charge in [0, 0.05) is 18.5 Å². The van der Waals surface area contributed by atoms with Gasteiger partial charge in [0.25, 0.3) is 0 Å². The Kier molecular flexibility index (Phi) is 6.61. The largest absolute Gasteiger partial charge is 0.396 e. The van der Waals surface area contributed by atoms with E-state index in [2.05, 4.69) is 29.5 Å². The van der Waals surface area contributed by atoms with Crippen LogP contribution in [0.4, 0.5) is 0 Å². The second kappa shape index (κ2) is 7.76. The maximum absolute atomic E-state index is 8.87. The third-order valence-corrected chi connectivity index (χ3v) is 3.61. The number of nitrogens with zero attached hydrogens (tertiary/aromatic N) is 1. The average Bonchev–Trinajstić information content (AvgIpc) is 2.76. The van der Waals surface area contributed by atoms with Crippen molar-refractivity contribution in [3.63, 3.8) is 0 Å². The first-order chi connectivity index (χ1) is 7.76. The number of thiazole rings is 1. The van der Waals surface area contributed by atoms with Gasteiger partial charge in [-0.05, 0) is 31.7 Å². The second-order valence-corrected chi connectivity index (χ2v) is 5.14. The van der Waals surface area contributed by atoms with Gasteiger partial charge in [0.05, 0.1) is 10.7 Å². The molecule has 0 fully saturated rings. The minimum Gasteiger partial charge on any atom is -0.396 e. The molecule has 0 amide bonds. The van der Waals surface area contributed by atoms with Crippen LogP contribution in [0.15, 0.2) is 5.38 Å². The van der Waals surface area contributed by atoms with Crippen molar-refractivity contribution in [2.24, 2.45) is 5.92 Å². The third-order valence-electron chi connectivity index (χ3n) is 2.57. The Morgan fingerprint density at radius 3 is 3.00 bits per heavy atom. The monoisotopic (exact) mass is 242 g/mol. The molecule has 0 bridgehead atoms. The first kappa shape index (κ1) is 13.6. The Labute approximate surface area is 102 Å². The predicted octanol–water partition coefficient (Wildman–Crippen LogP) is 2.20. The van der Waals surface area contributed by atoms with Gasteiger partial charge >= 0.3 is 0 Å². The van der Waals surface area contributed by atoms with Crippen molar-refractivity contribution in [3.8, 4) is 0 Å². The van der Waals surface area contributed by atoms with E-state index in [1.807, 2.05) is 0 Å². The molecular formula is C12H22N2OS. The Bertz CT molecular complexity index is 288. The molecule has 1 aromatic heterocycles. The van der Waals surface area contributed by atoms with E-state index < -0.39 is 0 Å². The van der Waals surface area contributed by atoms with E-state index >= 15 is 0 Å². The molecule has 0 saturated heterocycles. The smallest absolute Gasteiger partial charge is 0.0926 e. The normalized spacial score (nSPS) is 12.9. The molecule has 0 spiro atoms. The van der Waals surface area contributed by atoms with E-state index in [9.17, 15) is 0 Å². The van der Waals surface area contributed by atoms with E-state index in [1.54, 1.807) is 11.3 Å². The lowest BCUT2D eigenvalue weighted by Gasteiger charge is -2.07. The number of aromatic nitrogens is 1. The minimum absolute atomic E-state index is 0.298. The molecule has 2 N–H and O–H groups in total. The number of hydrogen-bond acceptors (Lipinski definition) is 4. The summed E-state index contributed by atoms with van der Waals surface area (Å²) in [6, 6.07) is 0. The van der Waals surface area contributed by atoms with Crippen molar-refractivity contribution >= 4 is 11.3 Å². The summed E-state index contributed by atoms with van der Waals surface area (Å²) in [7, 11) is 0. The number of aliphatic hydroxyl groups is 1. The first-order valence-electron chi connectivity index (χ1n) is 6.01. The van der Waals surface area contributed by atoms with Crippen molar-refractivity contribution in [1.82, 2.24) is 10.3 Å². The molecule has 1 heterocycles. The maximum atomic E-state index is 8.87. The van der Waals surface area contributed by atoms with Crippen LogP contribution in [0.3, 0.4) is 0 Å². The lowest BCUT2D eigenvalue weighted by molar-refractivity contribution is 0.228. The molecule has 0 aliphatic rings. The molecule has 0 aliphatic heterocycles. The van der Waals surface area contributed by atoms with Crippen molar-refractivity contribution < 1.29 is 5.11 Å². The molecule has 0 aliphatic carbocycles. The Morgan fingerprint density at radius 1 is 1.56 bits per heavy atom. The summed E-state index contributed by atoms with van der Waals surface area (Å²) in [5.74, 6) is 0.424. The van der Waals surface area contributed by atoms with Crippen LogP contribution in [0.5, 0.6) is 0 Å². The van der Waals surface area contributed by atoms with Crippen LogP contribution < -0.4 is 5.32 Å². The zero-order chi connectivity index (χ0) is 11.8. The highest BCUT2D eigenvalue weighted by Crippen LogP contribution is 2.09. The van der Waals surface area contributed by atoms with E-state index in [0.717, 1.165) is 38.0 Å². The quantitative estimate of drug-likeness (QED) is 0.687. The molecule has 0 aromatic carbocycles. The fourth-order valence-electron chi connectivity index (χ4n) is 1.48. The average molecular weight is 242 g/mol. The Hall–Kier alpha value is -0.450. The zero-order valence-electron chi connectivity index (χ0n) is 10.2. The van der Waals surface area contributed by atoms with Gasteiger partial charge in [-0.15, -0.1) is 11.3 Å². The van der Waals surface area contributed by atoms with Gasteiger partial charge < -0.3 is 10.4 Å². The molecule has 0 saturated carbocycles. The number of aryl methyl sites for hydroxylation is 1. The Balaban J connectivity index is 2.07. The molecule has 1 atom stereocenters. The van der Waals surface area contributed by atoms with Crippen LogP contribution in [-0.2, 0) is 13.0 Å². The number of aliphatic hydroxyl groups excluding tert-OH is 1. The van der Waals surface area contributed by atoms with E-state index in [-0.39, 0.29) is 0 Å². The molecular weight excluding hydrogens is 220 g/mol. The summed E-state index contributed by atoms with van der Waals surface area (Å²) in [4.78, 5) is 4.49. The van der Waals surface area contributed by atoms with Gasteiger partial charge in [-0.2, -0.15) is 0 Å². The van der Waals surface area contributed by atoms with E-state index in [0.29, 0.717) is 12.5 Å². The Morgan fingerprint density at radius 2 is 2.38 bits per heavy atom. The molecule has 1 rings (SSSR count). The molecule has 3 nitrogen and oxygen atoms in total.